The second-order valence-electron chi connectivity index (χ2n) is 23.1. The van der Waals surface area contributed by atoms with Gasteiger partial charge in [0.15, 0.2) is 0 Å². The molecule has 3 aromatic rings. The van der Waals surface area contributed by atoms with Crippen LogP contribution in [0.5, 0.6) is 0 Å². The number of benzene rings is 2. The number of carbonyl (C=O) groups is 5. The molecule has 9 aliphatic rings. The number of piperidine rings is 2. The lowest BCUT2D eigenvalue weighted by molar-refractivity contribution is -0.152. The van der Waals surface area contributed by atoms with Crippen LogP contribution in [0, 0.1) is 39.8 Å². The van der Waals surface area contributed by atoms with E-state index in [0.29, 0.717) is 75.6 Å². The number of halogens is 5. The maximum atomic E-state index is 16.4. The van der Waals surface area contributed by atoms with Crippen LogP contribution in [0.2, 0.25) is 5.02 Å². The van der Waals surface area contributed by atoms with E-state index < -0.39 is 64.0 Å². The highest BCUT2D eigenvalue weighted by Crippen LogP contribution is 2.61. The highest BCUT2D eigenvalue weighted by molar-refractivity contribution is 6.30. The molecule has 2 spiro atoms. The first-order valence-corrected chi connectivity index (χ1v) is 25.4. The van der Waals surface area contributed by atoms with Crippen molar-refractivity contribution in [1.29, 1.82) is 0 Å². The predicted octanol–water partition coefficient (Wildman–Crippen LogP) is 7.77. The molecule has 6 atom stereocenters. The van der Waals surface area contributed by atoms with Crippen LogP contribution in [0.15, 0.2) is 48.7 Å². The molecule has 1 aromatic heterocycles. The Morgan fingerprint density at radius 1 is 0.972 bits per heavy atom. The topological polar surface area (TPSA) is 153 Å². The Morgan fingerprint density at radius 3 is 2.38 bits per heavy atom. The number of carbonyl (C=O) groups excluding carboxylic acids is 5. The van der Waals surface area contributed by atoms with E-state index in [1.54, 1.807) is 23.1 Å². The number of rotatable bonds is 6. The van der Waals surface area contributed by atoms with Crippen molar-refractivity contribution in [2.75, 3.05) is 25.0 Å². The second kappa shape index (κ2) is 16.8. The van der Waals surface area contributed by atoms with E-state index in [1.165, 1.54) is 12.3 Å². The van der Waals surface area contributed by atoms with Crippen LogP contribution in [0.3, 0.4) is 0 Å². The third kappa shape index (κ3) is 7.99. The number of imide groups is 1. The van der Waals surface area contributed by atoms with Crippen LogP contribution in [-0.4, -0.2) is 87.6 Å². The van der Waals surface area contributed by atoms with Gasteiger partial charge >= 0.3 is 6.18 Å². The van der Waals surface area contributed by atoms with Crippen molar-refractivity contribution in [2.45, 2.75) is 146 Å². The SMILES string of the molecule is CC(C)(C)C[C@@H]1N[C@@H](C(=O)NC23CCC(C(=O)N4CCC5(CC4)C[C@@H]5C#Cc4cccc5c4CN([C@H]4CCC(=O)NC4=O)C5=O)(CC2)CC3)[C@H](c2cccc(Cl)c2F)[C@]12CNc1cc(C(F)(F)F)ncc12. The maximum Gasteiger partial charge on any atom is 0.433 e. The number of nitrogens with one attached hydrogen (secondary N) is 4. The van der Waals surface area contributed by atoms with Crippen LogP contribution in [0.25, 0.3) is 0 Å². The number of amides is 5. The van der Waals surface area contributed by atoms with E-state index >= 15 is 9.18 Å². The fourth-order valence-electron chi connectivity index (χ4n) is 13.8. The molecule has 3 saturated heterocycles. The summed E-state index contributed by atoms with van der Waals surface area (Å²) in [6, 6.07) is 9.04. The van der Waals surface area contributed by atoms with Gasteiger partial charge in [0.1, 0.15) is 17.6 Å². The smallest absolute Gasteiger partial charge is 0.384 e. The van der Waals surface area contributed by atoms with Gasteiger partial charge in [0, 0.05) is 95.4 Å². The van der Waals surface area contributed by atoms with Crippen molar-refractivity contribution >= 4 is 46.8 Å². The van der Waals surface area contributed by atoms with E-state index in [0.717, 1.165) is 36.5 Å². The van der Waals surface area contributed by atoms with Crippen molar-refractivity contribution in [3.8, 4) is 11.8 Å². The Morgan fingerprint density at radius 2 is 1.69 bits per heavy atom. The molecule has 0 unspecified atom stereocenters. The molecule has 7 fully saturated rings. The lowest BCUT2D eigenvalue weighted by Gasteiger charge is -2.54. The first kappa shape index (κ1) is 47.8. The highest BCUT2D eigenvalue weighted by atomic mass is 35.5. The van der Waals surface area contributed by atoms with Crippen molar-refractivity contribution in [2.24, 2.45) is 22.2 Å². The number of nitrogens with zero attached hydrogens (tertiary/aromatic N) is 3. The zero-order chi connectivity index (χ0) is 50.0. The first-order valence-electron chi connectivity index (χ1n) is 25.1. The van der Waals surface area contributed by atoms with Crippen molar-refractivity contribution in [3.05, 3.63) is 93.0 Å². The van der Waals surface area contributed by atoms with Crippen LogP contribution in [0.1, 0.15) is 142 Å². The van der Waals surface area contributed by atoms with Crippen LogP contribution >= 0.6 is 11.6 Å². The number of alkyl halides is 3. The number of fused-ring (bicyclic) bond motifs is 6. The molecule has 5 amide bonds. The van der Waals surface area contributed by atoms with Gasteiger partial charge in [-0.3, -0.25) is 34.3 Å². The molecule has 2 bridgehead atoms. The summed E-state index contributed by atoms with van der Waals surface area (Å²) in [6.45, 7) is 7.87. The summed E-state index contributed by atoms with van der Waals surface area (Å²) < 4.78 is 58.2. The lowest BCUT2D eigenvalue weighted by Crippen LogP contribution is -2.62. The summed E-state index contributed by atoms with van der Waals surface area (Å²) in [5.41, 5.74) is -0.408. The number of hydrogen-bond acceptors (Lipinski definition) is 8. The average molecular weight is 997 g/mol. The Balaban J connectivity index is 0.758. The highest BCUT2D eigenvalue weighted by Gasteiger charge is 2.64. The zero-order valence-corrected chi connectivity index (χ0v) is 40.8. The number of aromatic nitrogens is 1. The normalized spacial score (nSPS) is 31.5. The second-order valence-corrected chi connectivity index (χ2v) is 23.5. The summed E-state index contributed by atoms with van der Waals surface area (Å²) in [7, 11) is 0. The Labute approximate surface area is 415 Å². The minimum absolute atomic E-state index is 0.0380. The third-order valence-electron chi connectivity index (χ3n) is 17.9. The quantitative estimate of drug-likeness (QED) is 0.111. The third-order valence-corrected chi connectivity index (χ3v) is 18.2. The van der Waals surface area contributed by atoms with Crippen LogP contribution in [-0.2, 0) is 37.3 Å². The molecular weight excluding hydrogens is 938 g/mol. The summed E-state index contributed by atoms with van der Waals surface area (Å²) >= 11 is 6.42. The molecule has 4 saturated carbocycles. The van der Waals surface area contributed by atoms with Crippen LogP contribution in [0.4, 0.5) is 23.2 Å². The minimum atomic E-state index is -4.67. The van der Waals surface area contributed by atoms with Gasteiger partial charge in [0.25, 0.3) is 5.91 Å². The predicted molar refractivity (Wildman–Crippen MR) is 255 cm³/mol. The van der Waals surface area contributed by atoms with Gasteiger partial charge < -0.3 is 25.8 Å². The van der Waals surface area contributed by atoms with Crippen molar-refractivity contribution in [1.82, 2.24) is 30.7 Å². The van der Waals surface area contributed by atoms with Gasteiger partial charge in [0.05, 0.1) is 11.1 Å². The molecule has 4 N–H and O–H groups in total. The van der Waals surface area contributed by atoms with E-state index in [2.05, 4.69) is 58.9 Å². The molecule has 2 aromatic carbocycles. The Bertz CT molecular complexity index is 2820. The van der Waals surface area contributed by atoms with E-state index in [-0.39, 0.29) is 76.2 Å². The average Bonchev–Trinajstić information content (AvgIpc) is 3.54. The summed E-state index contributed by atoms with van der Waals surface area (Å²) in [6.07, 6.45) is 3.90. The van der Waals surface area contributed by atoms with Gasteiger partial charge in [-0.15, -0.1) is 0 Å². The maximum absolute atomic E-state index is 16.4. The summed E-state index contributed by atoms with van der Waals surface area (Å²) in [4.78, 5) is 74.7. The van der Waals surface area contributed by atoms with Crippen molar-refractivity contribution in [3.63, 3.8) is 0 Å². The standard InChI is InChI=1S/C54H58ClF4N7O5/c1-49(2,3)26-40-53(29-61-37-24-39(54(57,58)59)60-27-35(37)53)42(33-8-5-9-36(55)43(33)56)44(62-40)46(69)64-52-17-14-50(15-18-52,16-19-52)48(71)65-22-20-51(21-23-65)25-31(51)11-10-30-6-4-7-32-34(30)28-66(47(32)70)38-12-13-41(67)63-45(38)68/h4-9,24,27,31,38,40,42,44,61-62H,12-23,25-26,28-29H2,1-3H3,(H,64,69)(H,63,67,68)/t31-,38-,40-,42-,44+,50?,52?,53-/m0/s1. The molecular formula is C54H58ClF4N7O5. The Hall–Kier alpha value is -5.53. The number of anilines is 1. The molecule has 0 radical (unpaired) electrons. The number of likely N-dealkylation sites (tertiary alicyclic amines) is 1. The molecule has 17 heteroatoms. The van der Waals surface area contributed by atoms with E-state index in [9.17, 15) is 32.3 Å². The van der Waals surface area contributed by atoms with Gasteiger partial charge in [-0.05, 0) is 117 Å². The van der Waals surface area contributed by atoms with E-state index in [4.69, 9.17) is 11.6 Å². The number of hydrogen-bond donors (Lipinski definition) is 4. The first-order chi connectivity index (χ1) is 33.6. The van der Waals surface area contributed by atoms with Gasteiger partial charge in [-0.1, -0.05) is 62.4 Å². The summed E-state index contributed by atoms with van der Waals surface area (Å²) in [5, 5.41) is 12.5. The fraction of sp³-hybridized carbons (Fsp3) is 0.556. The molecule has 6 heterocycles. The zero-order valence-electron chi connectivity index (χ0n) is 40.1. The van der Waals surface area contributed by atoms with Gasteiger partial charge in [-0.25, -0.2) is 4.39 Å². The monoisotopic (exact) mass is 995 g/mol. The largest absolute Gasteiger partial charge is 0.433 e. The lowest BCUT2D eigenvalue weighted by atomic mass is 9.56. The van der Waals surface area contributed by atoms with Gasteiger partial charge in [-0.2, -0.15) is 13.2 Å². The molecule has 12 nitrogen and oxygen atoms in total. The Kier molecular flexibility index (Phi) is 11.3. The minimum Gasteiger partial charge on any atom is -0.384 e. The molecule has 374 valence electrons. The van der Waals surface area contributed by atoms with Crippen molar-refractivity contribution < 1.29 is 41.5 Å². The number of pyridine rings is 1. The molecule has 5 aliphatic heterocycles. The van der Waals surface area contributed by atoms with E-state index in [1.807, 2.05) is 17.0 Å². The molecule has 12 rings (SSSR count). The van der Waals surface area contributed by atoms with Crippen LogP contribution < -0.4 is 21.3 Å². The fourth-order valence-corrected chi connectivity index (χ4v) is 14.0. The van der Waals surface area contributed by atoms with Gasteiger partial charge in [0.2, 0.25) is 23.6 Å². The molecule has 71 heavy (non-hydrogen) atoms. The summed E-state index contributed by atoms with van der Waals surface area (Å²) in [5.74, 6) is 4.35. The molecule has 4 aliphatic carbocycles.